The lowest BCUT2D eigenvalue weighted by molar-refractivity contribution is -0.138. The monoisotopic (exact) mass is 235 g/mol. The molecule has 0 saturated heterocycles. The summed E-state index contributed by atoms with van der Waals surface area (Å²) in [6.45, 7) is 6.76. The molecule has 0 atom stereocenters. The van der Waals surface area contributed by atoms with Crippen LogP contribution in [-0.2, 0) is 16.1 Å². The molecule has 1 aromatic carbocycles. The number of phenolic OH excluding ortho intramolecular Hbond substituents is 1. The van der Waals surface area contributed by atoms with Crippen molar-refractivity contribution in [3.8, 4) is 5.75 Å². The summed E-state index contributed by atoms with van der Waals surface area (Å²) in [6, 6.07) is 6.87. The molecule has 92 valence electrons. The fourth-order valence-electron chi connectivity index (χ4n) is 1.28. The zero-order chi connectivity index (χ0) is 12.7. The van der Waals surface area contributed by atoms with Crippen LogP contribution in [0.15, 0.2) is 36.4 Å². The summed E-state index contributed by atoms with van der Waals surface area (Å²) in [5, 5.41) is 12.2. The Labute approximate surface area is 101 Å². The van der Waals surface area contributed by atoms with Gasteiger partial charge in [-0.3, -0.25) is 0 Å². The minimum atomic E-state index is -0.370. The third-order valence-corrected chi connectivity index (χ3v) is 2.17. The Morgan fingerprint density at radius 2 is 2.06 bits per heavy atom. The van der Waals surface area contributed by atoms with Crippen molar-refractivity contribution in [2.75, 3.05) is 13.2 Å². The van der Waals surface area contributed by atoms with E-state index in [0.717, 1.165) is 5.56 Å². The van der Waals surface area contributed by atoms with Gasteiger partial charge in [-0.25, -0.2) is 4.79 Å². The Morgan fingerprint density at radius 1 is 1.41 bits per heavy atom. The fraction of sp³-hybridized carbons (Fsp3) is 0.308. The van der Waals surface area contributed by atoms with Crippen molar-refractivity contribution in [1.29, 1.82) is 0 Å². The number of carbonyl (C=O) groups is 1. The number of esters is 1. The van der Waals surface area contributed by atoms with Gasteiger partial charge in [-0.05, 0) is 24.6 Å². The highest BCUT2D eigenvalue weighted by atomic mass is 16.5. The smallest absolute Gasteiger partial charge is 0.334 e. The highest BCUT2D eigenvalue weighted by Gasteiger charge is 2.06. The average Bonchev–Trinajstić information content (AvgIpc) is 2.32. The van der Waals surface area contributed by atoms with E-state index in [1.807, 2.05) is 12.1 Å². The van der Waals surface area contributed by atoms with Gasteiger partial charge < -0.3 is 15.2 Å². The maximum Gasteiger partial charge on any atom is 0.334 e. The summed E-state index contributed by atoms with van der Waals surface area (Å²) in [4.78, 5) is 11.2. The Kier molecular flexibility index (Phi) is 5.23. The number of benzene rings is 1. The zero-order valence-electron chi connectivity index (χ0n) is 9.90. The Bertz CT molecular complexity index is 384. The second kappa shape index (κ2) is 6.70. The van der Waals surface area contributed by atoms with Crippen molar-refractivity contribution in [2.45, 2.75) is 13.5 Å². The molecule has 0 fully saturated rings. The van der Waals surface area contributed by atoms with Gasteiger partial charge in [0.15, 0.2) is 0 Å². The van der Waals surface area contributed by atoms with Crippen molar-refractivity contribution in [3.63, 3.8) is 0 Å². The second-order valence-electron chi connectivity index (χ2n) is 3.59. The van der Waals surface area contributed by atoms with Gasteiger partial charge >= 0.3 is 5.97 Å². The molecule has 0 saturated carbocycles. The molecule has 1 aromatic rings. The van der Waals surface area contributed by atoms with E-state index < -0.39 is 0 Å². The van der Waals surface area contributed by atoms with E-state index in [1.54, 1.807) is 19.1 Å². The molecule has 2 N–H and O–H groups in total. The van der Waals surface area contributed by atoms with E-state index in [4.69, 9.17) is 9.84 Å². The standard InChI is InChI=1S/C13H17NO3/c1-3-17-13(16)10(2)8-14-9-11-4-6-12(15)7-5-11/h4-7,14-15H,2-3,8-9H2,1H3. The quantitative estimate of drug-likeness (QED) is 0.581. The van der Waals surface area contributed by atoms with Crippen molar-refractivity contribution in [1.82, 2.24) is 5.32 Å². The fourth-order valence-corrected chi connectivity index (χ4v) is 1.28. The van der Waals surface area contributed by atoms with Crippen molar-refractivity contribution >= 4 is 5.97 Å². The summed E-state index contributed by atoms with van der Waals surface area (Å²) in [5.41, 5.74) is 1.44. The van der Waals surface area contributed by atoms with E-state index in [-0.39, 0.29) is 11.7 Å². The van der Waals surface area contributed by atoms with Crippen LogP contribution in [0.1, 0.15) is 12.5 Å². The van der Waals surface area contributed by atoms with E-state index in [2.05, 4.69) is 11.9 Å². The SMILES string of the molecule is C=C(CNCc1ccc(O)cc1)C(=O)OCC. The predicted octanol–water partition coefficient (Wildman–Crippen LogP) is 1.60. The van der Waals surface area contributed by atoms with E-state index in [1.165, 1.54) is 0 Å². The van der Waals surface area contributed by atoms with Crippen LogP contribution < -0.4 is 5.32 Å². The number of ether oxygens (including phenoxy) is 1. The van der Waals surface area contributed by atoms with Gasteiger partial charge in [0, 0.05) is 18.7 Å². The first-order valence-electron chi connectivity index (χ1n) is 5.47. The number of nitrogens with one attached hydrogen (secondary N) is 1. The number of phenols is 1. The van der Waals surface area contributed by atoms with Crippen molar-refractivity contribution in [2.24, 2.45) is 0 Å². The highest BCUT2D eigenvalue weighted by molar-refractivity contribution is 5.88. The molecule has 0 radical (unpaired) electrons. The van der Waals surface area contributed by atoms with Crippen LogP contribution in [-0.4, -0.2) is 24.2 Å². The molecule has 0 spiro atoms. The molecular formula is C13H17NO3. The van der Waals surface area contributed by atoms with E-state index in [0.29, 0.717) is 25.3 Å². The van der Waals surface area contributed by atoms with Gasteiger partial charge in [0.2, 0.25) is 0 Å². The number of carbonyl (C=O) groups excluding carboxylic acids is 1. The van der Waals surface area contributed by atoms with Crippen LogP contribution in [0.2, 0.25) is 0 Å². The lowest BCUT2D eigenvalue weighted by Crippen LogP contribution is -2.21. The number of hydrogen-bond donors (Lipinski definition) is 2. The van der Waals surface area contributed by atoms with E-state index >= 15 is 0 Å². The second-order valence-corrected chi connectivity index (χ2v) is 3.59. The van der Waals surface area contributed by atoms with Crippen LogP contribution in [0.3, 0.4) is 0 Å². The van der Waals surface area contributed by atoms with Gasteiger partial charge in [0.05, 0.1) is 6.61 Å². The Hall–Kier alpha value is -1.81. The molecule has 17 heavy (non-hydrogen) atoms. The summed E-state index contributed by atoms with van der Waals surface area (Å²) < 4.78 is 4.81. The first-order chi connectivity index (χ1) is 8.13. The molecule has 4 nitrogen and oxygen atoms in total. The molecular weight excluding hydrogens is 218 g/mol. The molecule has 4 heteroatoms. The lowest BCUT2D eigenvalue weighted by Gasteiger charge is -2.07. The summed E-state index contributed by atoms with van der Waals surface area (Å²) in [5.74, 6) is -0.129. The highest BCUT2D eigenvalue weighted by Crippen LogP contribution is 2.09. The third-order valence-electron chi connectivity index (χ3n) is 2.17. The first-order valence-corrected chi connectivity index (χ1v) is 5.47. The number of rotatable bonds is 6. The van der Waals surface area contributed by atoms with Crippen molar-refractivity contribution in [3.05, 3.63) is 42.0 Å². The lowest BCUT2D eigenvalue weighted by atomic mass is 10.2. The maximum absolute atomic E-state index is 11.2. The van der Waals surface area contributed by atoms with Gasteiger partial charge in [-0.15, -0.1) is 0 Å². The van der Waals surface area contributed by atoms with Gasteiger partial charge in [-0.2, -0.15) is 0 Å². The predicted molar refractivity (Wildman–Crippen MR) is 65.6 cm³/mol. The molecule has 0 aliphatic heterocycles. The summed E-state index contributed by atoms with van der Waals surface area (Å²) in [7, 11) is 0. The van der Waals surface area contributed by atoms with Crippen LogP contribution in [0.25, 0.3) is 0 Å². The van der Waals surface area contributed by atoms with Crippen LogP contribution >= 0.6 is 0 Å². The van der Waals surface area contributed by atoms with Gasteiger partial charge in [0.25, 0.3) is 0 Å². The topological polar surface area (TPSA) is 58.6 Å². The molecule has 1 rings (SSSR count). The number of hydrogen-bond acceptors (Lipinski definition) is 4. The van der Waals surface area contributed by atoms with Crippen LogP contribution in [0, 0.1) is 0 Å². The third kappa shape index (κ3) is 4.70. The first kappa shape index (κ1) is 13.3. The zero-order valence-corrected chi connectivity index (χ0v) is 9.90. The Balaban J connectivity index is 2.30. The molecule has 0 bridgehead atoms. The molecule has 0 aromatic heterocycles. The molecule has 0 unspecified atom stereocenters. The van der Waals surface area contributed by atoms with E-state index in [9.17, 15) is 4.79 Å². The molecule has 0 aliphatic carbocycles. The molecule has 0 aliphatic rings. The molecule has 0 heterocycles. The largest absolute Gasteiger partial charge is 0.508 e. The normalized spacial score (nSPS) is 9.94. The van der Waals surface area contributed by atoms with Crippen LogP contribution in [0.4, 0.5) is 0 Å². The minimum Gasteiger partial charge on any atom is -0.508 e. The summed E-state index contributed by atoms with van der Waals surface area (Å²) in [6.07, 6.45) is 0. The molecule has 0 amide bonds. The number of aromatic hydroxyl groups is 1. The Morgan fingerprint density at radius 3 is 2.65 bits per heavy atom. The maximum atomic E-state index is 11.2. The summed E-state index contributed by atoms with van der Waals surface area (Å²) >= 11 is 0. The van der Waals surface area contributed by atoms with Crippen LogP contribution in [0.5, 0.6) is 5.75 Å². The average molecular weight is 235 g/mol. The van der Waals surface area contributed by atoms with Gasteiger partial charge in [-0.1, -0.05) is 18.7 Å². The van der Waals surface area contributed by atoms with Gasteiger partial charge in [0.1, 0.15) is 5.75 Å². The van der Waals surface area contributed by atoms with Crippen molar-refractivity contribution < 1.29 is 14.6 Å². The minimum absolute atomic E-state index is 0.240.